The summed E-state index contributed by atoms with van der Waals surface area (Å²) in [6, 6.07) is 11.5. The van der Waals surface area contributed by atoms with Crippen LogP contribution in [0.25, 0.3) is 0 Å². The molecule has 2 aliphatic rings. The topological polar surface area (TPSA) is 61.9 Å². The molecule has 2 saturated heterocycles. The molecule has 0 bridgehead atoms. The summed E-state index contributed by atoms with van der Waals surface area (Å²) in [6.45, 7) is 3.99. The van der Waals surface area contributed by atoms with Crippen LogP contribution in [0.5, 0.6) is 0 Å². The predicted molar refractivity (Wildman–Crippen MR) is 114 cm³/mol. The first-order valence-corrected chi connectivity index (χ1v) is 11.1. The van der Waals surface area contributed by atoms with E-state index in [0.29, 0.717) is 37.0 Å². The summed E-state index contributed by atoms with van der Waals surface area (Å²) < 4.78 is 5.47. The third-order valence-electron chi connectivity index (χ3n) is 5.47. The number of hydrogen-bond donors (Lipinski definition) is 1. The smallest absolute Gasteiger partial charge is 0.227 e. The Morgan fingerprint density at radius 1 is 1.24 bits per heavy atom. The fourth-order valence-electron chi connectivity index (χ4n) is 3.91. The molecular formula is C21H24ClN3O3S. The standard InChI is InChI=1S/C21H24ClN3O3S/c22-16-4-1-2-5-17(16)25-14-15(12-20(25)26)21(27)23-13-18(19-6-3-11-29-19)24-7-9-28-10-8-24/h1-6,11,15,18H,7-10,12-14H2,(H,23,27). The lowest BCUT2D eigenvalue weighted by molar-refractivity contribution is -0.126. The number of para-hydroxylation sites is 1. The number of nitrogens with one attached hydrogen (secondary N) is 1. The van der Waals surface area contributed by atoms with E-state index in [-0.39, 0.29) is 30.2 Å². The molecule has 2 aromatic rings. The number of halogens is 1. The van der Waals surface area contributed by atoms with Gasteiger partial charge in [0.1, 0.15) is 0 Å². The predicted octanol–water partition coefficient (Wildman–Crippen LogP) is 2.94. The lowest BCUT2D eigenvalue weighted by atomic mass is 10.1. The van der Waals surface area contributed by atoms with Gasteiger partial charge in [0.05, 0.1) is 35.9 Å². The molecule has 2 unspecified atom stereocenters. The Morgan fingerprint density at radius 3 is 2.76 bits per heavy atom. The normalized spacial score (nSPS) is 21.3. The van der Waals surface area contributed by atoms with Crippen LogP contribution in [0.15, 0.2) is 41.8 Å². The van der Waals surface area contributed by atoms with Crippen molar-refractivity contribution in [1.29, 1.82) is 0 Å². The fourth-order valence-corrected chi connectivity index (χ4v) is 5.01. The molecule has 2 fully saturated rings. The average molecular weight is 434 g/mol. The second-order valence-electron chi connectivity index (χ2n) is 7.28. The van der Waals surface area contributed by atoms with E-state index in [9.17, 15) is 9.59 Å². The molecule has 0 radical (unpaired) electrons. The van der Waals surface area contributed by atoms with Crippen LogP contribution in [0.2, 0.25) is 5.02 Å². The van der Waals surface area contributed by atoms with E-state index in [2.05, 4.69) is 21.7 Å². The van der Waals surface area contributed by atoms with Crippen molar-refractivity contribution in [2.75, 3.05) is 44.3 Å². The molecule has 1 aromatic heterocycles. The number of hydrogen-bond acceptors (Lipinski definition) is 5. The van der Waals surface area contributed by atoms with Crippen LogP contribution < -0.4 is 10.2 Å². The van der Waals surface area contributed by atoms with Crippen molar-refractivity contribution in [2.24, 2.45) is 5.92 Å². The largest absolute Gasteiger partial charge is 0.379 e. The maximum atomic E-state index is 12.8. The van der Waals surface area contributed by atoms with Crippen molar-refractivity contribution < 1.29 is 14.3 Å². The number of anilines is 1. The molecule has 8 heteroatoms. The van der Waals surface area contributed by atoms with E-state index in [1.807, 2.05) is 24.3 Å². The van der Waals surface area contributed by atoms with Crippen LogP contribution in [0.3, 0.4) is 0 Å². The average Bonchev–Trinajstić information content (AvgIpc) is 3.39. The van der Waals surface area contributed by atoms with Gasteiger partial charge in [0.25, 0.3) is 0 Å². The van der Waals surface area contributed by atoms with Crippen LogP contribution in [0.1, 0.15) is 17.3 Å². The molecule has 0 spiro atoms. The monoisotopic (exact) mass is 433 g/mol. The van der Waals surface area contributed by atoms with Gasteiger partial charge in [0, 0.05) is 37.5 Å². The summed E-state index contributed by atoms with van der Waals surface area (Å²) in [6.07, 6.45) is 0.207. The highest BCUT2D eigenvalue weighted by Gasteiger charge is 2.36. The summed E-state index contributed by atoms with van der Waals surface area (Å²) in [5, 5.41) is 5.67. The molecule has 29 heavy (non-hydrogen) atoms. The highest BCUT2D eigenvalue weighted by atomic mass is 35.5. The second-order valence-corrected chi connectivity index (χ2v) is 8.67. The third-order valence-corrected chi connectivity index (χ3v) is 6.76. The van der Waals surface area contributed by atoms with Crippen LogP contribution in [-0.4, -0.2) is 56.1 Å². The number of benzene rings is 1. The van der Waals surface area contributed by atoms with E-state index in [1.165, 1.54) is 4.88 Å². The zero-order chi connectivity index (χ0) is 20.2. The molecule has 2 aliphatic heterocycles. The van der Waals surface area contributed by atoms with E-state index in [4.69, 9.17) is 16.3 Å². The van der Waals surface area contributed by atoms with Gasteiger partial charge in [-0.05, 0) is 23.6 Å². The number of carbonyl (C=O) groups excluding carboxylic acids is 2. The van der Waals surface area contributed by atoms with Gasteiger partial charge in [0.2, 0.25) is 11.8 Å². The van der Waals surface area contributed by atoms with Crippen LogP contribution >= 0.6 is 22.9 Å². The number of nitrogens with zero attached hydrogens (tertiary/aromatic N) is 2. The van der Waals surface area contributed by atoms with Crippen molar-refractivity contribution in [2.45, 2.75) is 12.5 Å². The zero-order valence-electron chi connectivity index (χ0n) is 16.1. The summed E-state index contributed by atoms with van der Waals surface area (Å²) in [5.41, 5.74) is 0.666. The van der Waals surface area contributed by atoms with Gasteiger partial charge < -0.3 is 15.0 Å². The van der Waals surface area contributed by atoms with Gasteiger partial charge in [0.15, 0.2) is 0 Å². The van der Waals surface area contributed by atoms with E-state index >= 15 is 0 Å². The number of amides is 2. The van der Waals surface area contributed by atoms with E-state index in [0.717, 1.165) is 13.1 Å². The Bertz CT molecular complexity index is 855. The highest BCUT2D eigenvalue weighted by Crippen LogP contribution is 2.31. The molecule has 2 atom stereocenters. The van der Waals surface area contributed by atoms with Crippen molar-refractivity contribution in [3.8, 4) is 0 Å². The summed E-state index contributed by atoms with van der Waals surface area (Å²) in [4.78, 5) is 30.5. The lowest BCUT2D eigenvalue weighted by Gasteiger charge is -2.34. The summed E-state index contributed by atoms with van der Waals surface area (Å²) in [7, 11) is 0. The van der Waals surface area contributed by atoms with Crippen LogP contribution in [0.4, 0.5) is 5.69 Å². The number of morpholine rings is 1. The van der Waals surface area contributed by atoms with Crippen LogP contribution in [-0.2, 0) is 14.3 Å². The van der Waals surface area contributed by atoms with Crippen molar-refractivity contribution in [3.63, 3.8) is 0 Å². The number of ether oxygens (including phenoxy) is 1. The third kappa shape index (κ3) is 4.64. The van der Waals surface area contributed by atoms with Gasteiger partial charge in [-0.25, -0.2) is 0 Å². The van der Waals surface area contributed by atoms with Crippen molar-refractivity contribution in [1.82, 2.24) is 10.2 Å². The Hall–Kier alpha value is -1.93. The maximum Gasteiger partial charge on any atom is 0.227 e. The number of rotatable bonds is 6. The number of thiophene rings is 1. The summed E-state index contributed by atoms with van der Waals surface area (Å²) in [5.74, 6) is -0.517. The Labute approximate surface area is 179 Å². The number of carbonyl (C=O) groups is 2. The minimum Gasteiger partial charge on any atom is -0.379 e. The first kappa shape index (κ1) is 20.3. The second kappa shape index (κ2) is 9.26. The van der Waals surface area contributed by atoms with E-state index in [1.54, 1.807) is 22.3 Å². The van der Waals surface area contributed by atoms with Gasteiger partial charge in [-0.2, -0.15) is 0 Å². The minimum atomic E-state index is -0.368. The molecule has 1 aromatic carbocycles. The molecule has 0 aliphatic carbocycles. The Balaban J connectivity index is 1.39. The summed E-state index contributed by atoms with van der Waals surface area (Å²) >= 11 is 7.93. The van der Waals surface area contributed by atoms with Crippen LogP contribution in [0, 0.1) is 5.92 Å². The van der Waals surface area contributed by atoms with Gasteiger partial charge in [-0.15, -0.1) is 11.3 Å². The molecule has 4 rings (SSSR count). The Kier molecular flexibility index (Phi) is 6.50. The first-order chi connectivity index (χ1) is 14.1. The zero-order valence-corrected chi connectivity index (χ0v) is 17.6. The van der Waals surface area contributed by atoms with Crippen molar-refractivity contribution in [3.05, 3.63) is 51.7 Å². The molecule has 2 amide bonds. The van der Waals surface area contributed by atoms with E-state index < -0.39 is 0 Å². The van der Waals surface area contributed by atoms with Gasteiger partial charge >= 0.3 is 0 Å². The molecule has 6 nitrogen and oxygen atoms in total. The fraction of sp³-hybridized carbons (Fsp3) is 0.429. The first-order valence-electron chi connectivity index (χ1n) is 9.81. The van der Waals surface area contributed by atoms with Gasteiger partial charge in [-0.1, -0.05) is 29.8 Å². The van der Waals surface area contributed by atoms with Crippen molar-refractivity contribution >= 4 is 40.4 Å². The lowest BCUT2D eigenvalue weighted by Crippen LogP contribution is -2.44. The Morgan fingerprint density at radius 2 is 2.03 bits per heavy atom. The molecule has 154 valence electrons. The quantitative estimate of drug-likeness (QED) is 0.760. The molecule has 1 N–H and O–H groups in total. The molecule has 0 saturated carbocycles. The van der Waals surface area contributed by atoms with Gasteiger partial charge in [-0.3, -0.25) is 14.5 Å². The maximum absolute atomic E-state index is 12.8. The minimum absolute atomic E-state index is 0.0683. The SMILES string of the molecule is O=C(NCC(c1cccs1)N1CCOCC1)C1CC(=O)N(c2ccccc2Cl)C1. The highest BCUT2D eigenvalue weighted by molar-refractivity contribution is 7.10. The molecule has 3 heterocycles. The molecular weight excluding hydrogens is 410 g/mol.